The summed E-state index contributed by atoms with van der Waals surface area (Å²) in [6.07, 6.45) is 5.93. The van der Waals surface area contributed by atoms with Gasteiger partial charge in [-0.2, -0.15) is 11.8 Å². The zero-order valence-corrected chi connectivity index (χ0v) is 10.9. The highest BCUT2D eigenvalue weighted by molar-refractivity contribution is 8.00. The largest absolute Gasteiger partial charge is 0.385 e. The predicted octanol–water partition coefficient (Wildman–Crippen LogP) is 3.52. The molecule has 2 heterocycles. The van der Waals surface area contributed by atoms with Gasteiger partial charge in [0.2, 0.25) is 0 Å². The molecule has 0 aliphatic carbocycles. The summed E-state index contributed by atoms with van der Waals surface area (Å²) in [5.41, 5.74) is 2.03. The third kappa shape index (κ3) is 2.26. The second kappa shape index (κ2) is 4.14. The first-order valence-electron chi connectivity index (χ1n) is 6.04. The zero-order chi connectivity index (χ0) is 11.1. The van der Waals surface area contributed by atoms with Gasteiger partial charge in [-0.25, -0.2) is 0 Å². The molecule has 2 saturated heterocycles. The molecule has 86 valence electrons. The summed E-state index contributed by atoms with van der Waals surface area (Å²) < 4.78 is 0. The molecule has 0 amide bonds. The maximum Gasteiger partial charge on any atom is 0.0877 e. The number of fused-ring (bicyclic) bond motifs is 2. The van der Waals surface area contributed by atoms with Gasteiger partial charge < -0.3 is 5.11 Å². The van der Waals surface area contributed by atoms with Crippen molar-refractivity contribution in [2.24, 2.45) is 0 Å². The Balaban J connectivity index is 2.19. The lowest BCUT2D eigenvalue weighted by Gasteiger charge is -2.45. The van der Waals surface area contributed by atoms with E-state index in [0.717, 1.165) is 12.8 Å². The summed E-state index contributed by atoms with van der Waals surface area (Å²) in [4.78, 5) is 0. The minimum atomic E-state index is -0.486. The first kappa shape index (κ1) is 11.5. The molecule has 2 unspecified atom stereocenters. The van der Waals surface area contributed by atoms with E-state index in [0.29, 0.717) is 10.5 Å². The molecule has 2 fully saturated rings. The monoisotopic (exact) mass is 226 g/mol. The fraction of sp³-hybridized carbons (Fsp3) is 0.846. The highest BCUT2D eigenvalue weighted by Crippen LogP contribution is 2.48. The Morgan fingerprint density at radius 1 is 1.13 bits per heavy atom. The highest BCUT2D eigenvalue weighted by atomic mass is 32.2. The maximum absolute atomic E-state index is 10.7. The molecule has 0 radical (unpaired) electrons. The van der Waals surface area contributed by atoms with Crippen LogP contribution in [0.25, 0.3) is 0 Å². The van der Waals surface area contributed by atoms with Crippen molar-refractivity contribution in [2.45, 2.75) is 69.0 Å². The van der Waals surface area contributed by atoms with Gasteiger partial charge in [0.25, 0.3) is 0 Å². The van der Waals surface area contributed by atoms with Gasteiger partial charge >= 0.3 is 0 Å². The molecule has 0 aromatic carbocycles. The highest BCUT2D eigenvalue weighted by Gasteiger charge is 2.42. The number of hydrogen-bond acceptors (Lipinski definition) is 2. The molecule has 0 aromatic rings. The molecule has 2 heteroatoms. The van der Waals surface area contributed by atoms with Crippen molar-refractivity contribution >= 4 is 11.8 Å². The number of rotatable bonds is 1. The molecule has 1 N–H and O–H groups in total. The average molecular weight is 226 g/mol. The van der Waals surface area contributed by atoms with Gasteiger partial charge in [0.15, 0.2) is 0 Å². The Hall–Kier alpha value is 0.0500. The molecule has 2 rings (SSSR count). The molecule has 1 nitrogen and oxygen atoms in total. The minimum absolute atomic E-state index is 0.486. The second-order valence-corrected chi connectivity index (χ2v) is 6.98. The number of hydrogen-bond donors (Lipinski definition) is 1. The van der Waals surface area contributed by atoms with Crippen molar-refractivity contribution in [2.75, 3.05) is 0 Å². The van der Waals surface area contributed by atoms with E-state index in [1.54, 1.807) is 0 Å². The zero-order valence-electron chi connectivity index (χ0n) is 10.0. The number of aliphatic hydroxyl groups is 1. The summed E-state index contributed by atoms with van der Waals surface area (Å²) in [7, 11) is 0. The van der Waals surface area contributed by atoms with Crippen LogP contribution in [-0.2, 0) is 0 Å². The topological polar surface area (TPSA) is 20.2 Å². The van der Waals surface area contributed by atoms with Gasteiger partial charge in [0.1, 0.15) is 0 Å². The van der Waals surface area contributed by atoms with Crippen LogP contribution < -0.4 is 0 Å². The van der Waals surface area contributed by atoms with E-state index in [4.69, 9.17) is 0 Å². The van der Waals surface area contributed by atoms with E-state index >= 15 is 0 Å². The van der Waals surface area contributed by atoms with E-state index in [1.807, 2.05) is 0 Å². The predicted molar refractivity (Wildman–Crippen MR) is 67.2 cm³/mol. The second-order valence-electron chi connectivity index (χ2n) is 5.38. The summed E-state index contributed by atoms with van der Waals surface area (Å²) >= 11 is 2.12. The van der Waals surface area contributed by atoms with E-state index < -0.39 is 5.60 Å². The van der Waals surface area contributed by atoms with Gasteiger partial charge in [0.05, 0.1) is 5.60 Å². The summed E-state index contributed by atoms with van der Waals surface area (Å²) in [6.45, 7) is 6.34. The van der Waals surface area contributed by atoms with Crippen molar-refractivity contribution in [3.8, 4) is 0 Å². The number of allylic oxidation sites excluding steroid dienone is 1. The number of thioether (sulfide) groups is 1. The lowest BCUT2D eigenvalue weighted by atomic mass is 9.79. The molecule has 0 aromatic heterocycles. The van der Waals surface area contributed by atoms with Crippen molar-refractivity contribution in [1.82, 2.24) is 0 Å². The maximum atomic E-state index is 10.7. The Morgan fingerprint density at radius 2 is 1.67 bits per heavy atom. The summed E-state index contributed by atoms with van der Waals surface area (Å²) in [5, 5.41) is 12.2. The molecule has 0 saturated carbocycles. The average Bonchev–Trinajstić information content (AvgIpc) is 2.15. The van der Waals surface area contributed by atoms with Crippen LogP contribution in [0.3, 0.4) is 0 Å². The van der Waals surface area contributed by atoms with Crippen molar-refractivity contribution < 1.29 is 5.11 Å². The Morgan fingerprint density at radius 3 is 2.13 bits per heavy atom. The van der Waals surface area contributed by atoms with Crippen LogP contribution in [0.2, 0.25) is 0 Å². The molecule has 2 atom stereocenters. The molecule has 2 aliphatic rings. The van der Waals surface area contributed by atoms with Gasteiger partial charge in [-0.3, -0.25) is 0 Å². The standard InChI is InChI=1S/C13H22OS/c1-9(2)10(3)13(14)7-11-5-4-6-12(8-13)15-11/h11-12,14H,4-8H2,1-3H3. The summed E-state index contributed by atoms with van der Waals surface area (Å²) in [5.74, 6) is 0. The fourth-order valence-corrected chi connectivity index (χ4v) is 4.78. The molecule has 0 spiro atoms. The Kier molecular flexibility index (Phi) is 3.18. The van der Waals surface area contributed by atoms with Crippen LogP contribution >= 0.6 is 11.8 Å². The quantitative estimate of drug-likeness (QED) is 0.690. The molecular formula is C13H22OS. The van der Waals surface area contributed by atoms with Crippen LogP contribution in [-0.4, -0.2) is 21.2 Å². The van der Waals surface area contributed by atoms with Crippen molar-refractivity contribution in [3.05, 3.63) is 11.1 Å². The third-order valence-corrected chi connectivity index (χ3v) is 5.59. The van der Waals surface area contributed by atoms with Crippen molar-refractivity contribution in [1.29, 1.82) is 0 Å². The van der Waals surface area contributed by atoms with Crippen LogP contribution in [0, 0.1) is 0 Å². The van der Waals surface area contributed by atoms with Gasteiger partial charge in [-0.15, -0.1) is 0 Å². The van der Waals surface area contributed by atoms with E-state index in [9.17, 15) is 5.11 Å². The first-order valence-corrected chi connectivity index (χ1v) is 6.98. The van der Waals surface area contributed by atoms with Gasteiger partial charge in [-0.1, -0.05) is 12.0 Å². The van der Waals surface area contributed by atoms with E-state index in [1.165, 1.54) is 30.4 Å². The Bertz CT molecular complexity index is 266. The third-order valence-electron chi connectivity index (χ3n) is 4.02. The van der Waals surface area contributed by atoms with Crippen molar-refractivity contribution in [3.63, 3.8) is 0 Å². The Labute approximate surface area is 97.3 Å². The van der Waals surface area contributed by atoms with Crippen LogP contribution in [0.5, 0.6) is 0 Å². The summed E-state index contributed by atoms with van der Waals surface area (Å²) in [6, 6.07) is 0. The van der Waals surface area contributed by atoms with E-state index in [-0.39, 0.29) is 0 Å². The molecular weight excluding hydrogens is 204 g/mol. The lowest BCUT2D eigenvalue weighted by molar-refractivity contribution is 0.0475. The van der Waals surface area contributed by atoms with Crippen LogP contribution in [0.1, 0.15) is 52.9 Å². The normalized spacial score (nSPS) is 40.0. The van der Waals surface area contributed by atoms with Crippen LogP contribution in [0.15, 0.2) is 11.1 Å². The molecule has 2 aliphatic heterocycles. The van der Waals surface area contributed by atoms with Gasteiger partial charge in [-0.05, 0) is 52.0 Å². The van der Waals surface area contributed by atoms with E-state index in [2.05, 4.69) is 32.5 Å². The fourth-order valence-electron chi connectivity index (χ4n) is 2.89. The first-order chi connectivity index (χ1) is 7.01. The van der Waals surface area contributed by atoms with Gasteiger partial charge in [0, 0.05) is 10.5 Å². The smallest absolute Gasteiger partial charge is 0.0877 e. The molecule has 15 heavy (non-hydrogen) atoms. The SMILES string of the molecule is CC(C)=C(C)C1(O)CC2CCCC(C1)S2. The lowest BCUT2D eigenvalue weighted by Crippen LogP contribution is -2.43. The minimum Gasteiger partial charge on any atom is -0.385 e. The van der Waals surface area contributed by atoms with Crippen LogP contribution in [0.4, 0.5) is 0 Å². The molecule has 2 bridgehead atoms.